The molecule has 1 amide bonds. The first-order valence-electron chi connectivity index (χ1n) is 7.44. The van der Waals surface area contributed by atoms with E-state index in [1.54, 1.807) is 18.2 Å². The van der Waals surface area contributed by atoms with Crippen LogP contribution in [0.5, 0.6) is 5.75 Å². The Morgan fingerprint density at radius 1 is 1.12 bits per heavy atom. The van der Waals surface area contributed by atoms with Gasteiger partial charge in [0.1, 0.15) is 18.2 Å². The Balaban J connectivity index is 1.59. The van der Waals surface area contributed by atoms with E-state index >= 15 is 0 Å². The summed E-state index contributed by atoms with van der Waals surface area (Å²) in [5.41, 5.74) is 2.81. The van der Waals surface area contributed by atoms with Crippen LogP contribution in [0.2, 0.25) is 0 Å². The Hall–Kier alpha value is -2.66. The van der Waals surface area contributed by atoms with E-state index in [4.69, 9.17) is 4.74 Å². The Morgan fingerprint density at radius 3 is 2.54 bits per heavy atom. The van der Waals surface area contributed by atoms with E-state index < -0.39 is 0 Å². The van der Waals surface area contributed by atoms with Crippen molar-refractivity contribution in [1.29, 1.82) is 0 Å². The molecule has 0 saturated heterocycles. The Kier molecular flexibility index (Phi) is 4.91. The van der Waals surface area contributed by atoms with Gasteiger partial charge in [-0.25, -0.2) is 4.39 Å². The molecule has 3 aromatic rings. The summed E-state index contributed by atoms with van der Waals surface area (Å²) in [6, 6.07) is 15.3. The second kappa shape index (κ2) is 7.27. The van der Waals surface area contributed by atoms with Gasteiger partial charge in [0.2, 0.25) is 0 Å². The van der Waals surface area contributed by atoms with Crippen molar-refractivity contribution in [1.82, 2.24) is 0 Å². The van der Waals surface area contributed by atoms with E-state index in [-0.39, 0.29) is 11.7 Å². The maximum atomic E-state index is 12.8. The third kappa shape index (κ3) is 4.20. The second-order valence-electron chi connectivity index (χ2n) is 5.38. The van der Waals surface area contributed by atoms with Crippen molar-refractivity contribution in [2.45, 2.75) is 13.5 Å². The van der Waals surface area contributed by atoms with Crippen LogP contribution < -0.4 is 10.1 Å². The number of anilines is 1. The molecule has 0 radical (unpaired) electrons. The number of ether oxygens (including phenoxy) is 1. The number of carbonyl (C=O) groups excluding carboxylic acids is 1. The number of hydrogen-bond acceptors (Lipinski definition) is 3. The van der Waals surface area contributed by atoms with Gasteiger partial charge in [0.05, 0.1) is 4.88 Å². The first kappa shape index (κ1) is 16.2. The normalized spacial score (nSPS) is 10.4. The van der Waals surface area contributed by atoms with Crippen LogP contribution in [-0.4, -0.2) is 5.91 Å². The van der Waals surface area contributed by atoms with E-state index in [0.29, 0.717) is 17.2 Å². The zero-order valence-corrected chi connectivity index (χ0v) is 13.9. The van der Waals surface area contributed by atoms with Crippen molar-refractivity contribution in [3.63, 3.8) is 0 Å². The standard InChI is InChI=1S/C19H16FNO2S/c1-13-2-6-16(7-3-13)21-19(22)18-10-14(12-24-18)11-23-17-8-4-15(20)5-9-17/h2-10,12H,11H2,1H3,(H,21,22). The average Bonchev–Trinajstić information content (AvgIpc) is 3.06. The fourth-order valence-corrected chi connectivity index (χ4v) is 2.89. The minimum absolute atomic E-state index is 0.142. The van der Waals surface area contributed by atoms with E-state index in [2.05, 4.69) is 5.32 Å². The van der Waals surface area contributed by atoms with Crippen molar-refractivity contribution in [2.24, 2.45) is 0 Å². The lowest BCUT2D eigenvalue weighted by atomic mass is 10.2. The van der Waals surface area contributed by atoms with Crippen LogP contribution in [0, 0.1) is 12.7 Å². The first-order chi connectivity index (χ1) is 11.6. The van der Waals surface area contributed by atoms with E-state index in [9.17, 15) is 9.18 Å². The summed E-state index contributed by atoms with van der Waals surface area (Å²) in [5.74, 6) is 0.151. The molecule has 24 heavy (non-hydrogen) atoms. The lowest BCUT2D eigenvalue weighted by Crippen LogP contribution is -2.10. The van der Waals surface area contributed by atoms with Crippen molar-refractivity contribution in [3.05, 3.63) is 81.8 Å². The lowest BCUT2D eigenvalue weighted by molar-refractivity contribution is 0.103. The maximum Gasteiger partial charge on any atom is 0.265 e. The molecular formula is C19H16FNO2S. The topological polar surface area (TPSA) is 38.3 Å². The van der Waals surface area contributed by atoms with Crippen LogP contribution in [0.4, 0.5) is 10.1 Å². The number of hydrogen-bond donors (Lipinski definition) is 1. The Bertz CT molecular complexity index is 825. The highest BCUT2D eigenvalue weighted by atomic mass is 32.1. The molecule has 0 saturated carbocycles. The predicted molar refractivity (Wildman–Crippen MR) is 94.2 cm³/mol. The summed E-state index contributed by atoms with van der Waals surface area (Å²) < 4.78 is 18.4. The first-order valence-corrected chi connectivity index (χ1v) is 8.32. The number of benzene rings is 2. The third-order valence-corrected chi connectivity index (χ3v) is 4.38. The molecule has 0 aliphatic carbocycles. The van der Waals surface area contributed by atoms with Crippen LogP contribution in [0.1, 0.15) is 20.8 Å². The van der Waals surface area contributed by atoms with Gasteiger partial charge in [-0.3, -0.25) is 4.79 Å². The summed E-state index contributed by atoms with van der Waals surface area (Å²) in [6.45, 7) is 2.33. The summed E-state index contributed by atoms with van der Waals surface area (Å²) in [4.78, 5) is 12.9. The highest BCUT2D eigenvalue weighted by molar-refractivity contribution is 7.12. The van der Waals surface area contributed by atoms with Gasteiger partial charge in [0, 0.05) is 11.3 Å². The fraction of sp³-hybridized carbons (Fsp3) is 0.105. The van der Waals surface area contributed by atoms with E-state index in [0.717, 1.165) is 16.8 Å². The zero-order valence-electron chi connectivity index (χ0n) is 13.1. The minimum Gasteiger partial charge on any atom is -0.489 e. The van der Waals surface area contributed by atoms with Gasteiger partial charge in [0.15, 0.2) is 0 Å². The summed E-state index contributed by atoms with van der Waals surface area (Å²) in [7, 11) is 0. The monoisotopic (exact) mass is 341 g/mol. The highest BCUT2D eigenvalue weighted by Gasteiger charge is 2.10. The molecule has 0 fully saturated rings. The predicted octanol–water partition coefficient (Wildman–Crippen LogP) is 5.03. The molecule has 122 valence electrons. The molecule has 0 spiro atoms. The van der Waals surface area contributed by atoms with Crippen LogP contribution in [0.15, 0.2) is 60.0 Å². The van der Waals surface area contributed by atoms with Crippen LogP contribution >= 0.6 is 11.3 Å². The SMILES string of the molecule is Cc1ccc(NC(=O)c2cc(COc3ccc(F)cc3)cs2)cc1. The van der Waals surface area contributed by atoms with Gasteiger partial charge in [-0.1, -0.05) is 17.7 Å². The van der Waals surface area contributed by atoms with Gasteiger partial charge < -0.3 is 10.1 Å². The van der Waals surface area contributed by atoms with Crippen LogP contribution in [-0.2, 0) is 6.61 Å². The number of amides is 1. The number of aryl methyl sites for hydroxylation is 1. The minimum atomic E-state index is -0.298. The van der Waals surface area contributed by atoms with Crippen molar-refractivity contribution in [2.75, 3.05) is 5.32 Å². The van der Waals surface area contributed by atoms with Gasteiger partial charge in [-0.2, -0.15) is 0 Å². The average molecular weight is 341 g/mol. The molecule has 0 unspecified atom stereocenters. The number of halogens is 1. The van der Waals surface area contributed by atoms with Gasteiger partial charge in [-0.15, -0.1) is 11.3 Å². The molecule has 2 aromatic carbocycles. The molecule has 0 atom stereocenters. The molecule has 0 aliphatic heterocycles. The molecule has 3 nitrogen and oxygen atoms in total. The van der Waals surface area contributed by atoms with Gasteiger partial charge in [-0.05, 0) is 54.8 Å². The molecule has 1 heterocycles. The van der Waals surface area contributed by atoms with Gasteiger partial charge >= 0.3 is 0 Å². The summed E-state index contributed by atoms with van der Waals surface area (Å²) >= 11 is 1.37. The maximum absolute atomic E-state index is 12.8. The third-order valence-electron chi connectivity index (χ3n) is 3.41. The van der Waals surface area contributed by atoms with E-state index in [1.165, 1.54) is 23.5 Å². The summed E-state index contributed by atoms with van der Waals surface area (Å²) in [5, 5.41) is 4.75. The molecule has 1 aromatic heterocycles. The number of rotatable bonds is 5. The molecule has 5 heteroatoms. The number of nitrogens with one attached hydrogen (secondary N) is 1. The summed E-state index contributed by atoms with van der Waals surface area (Å²) in [6.07, 6.45) is 0. The van der Waals surface area contributed by atoms with Crippen LogP contribution in [0.3, 0.4) is 0 Å². The number of thiophene rings is 1. The Labute approximate surface area is 143 Å². The molecule has 0 aliphatic rings. The highest BCUT2D eigenvalue weighted by Crippen LogP contribution is 2.20. The van der Waals surface area contributed by atoms with Crippen LogP contribution in [0.25, 0.3) is 0 Å². The second-order valence-corrected chi connectivity index (χ2v) is 6.29. The quantitative estimate of drug-likeness (QED) is 0.707. The zero-order chi connectivity index (χ0) is 16.9. The largest absolute Gasteiger partial charge is 0.489 e. The number of carbonyl (C=O) groups is 1. The lowest BCUT2D eigenvalue weighted by Gasteiger charge is -2.04. The van der Waals surface area contributed by atoms with Gasteiger partial charge in [0.25, 0.3) is 5.91 Å². The molecule has 0 bridgehead atoms. The molecule has 3 rings (SSSR count). The molecular weight excluding hydrogens is 325 g/mol. The van der Waals surface area contributed by atoms with E-state index in [1.807, 2.05) is 36.6 Å². The fourth-order valence-electron chi connectivity index (χ4n) is 2.10. The molecule has 1 N–H and O–H groups in total. The Morgan fingerprint density at radius 2 is 1.83 bits per heavy atom. The van der Waals surface area contributed by atoms with Crippen molar-refractivity contribution < 1.29 is 13.9 Å². The smallest absolute Gasteiger partial charge is 0.265 e. The van der Waals surface area contributed by atoms with Crippen molar-refractivity contribution in [3.8, 4) is 5.75 Å². The van der Waals surface area contributed by atoms with Crippen molar-refractivity contribution >= 4 is 22.9 Å².